The molecule has 4 aromatic rings. The van der Waals surface area contributed by atoms with Gasteiger partial charge in [0.1, 0.15) is 19.3 Å². The molecule has 162 valence electrons. The smallest absolute Gasteiger partial charge is 0.359 e. The number of carbonyl (C=O) groups excluding carboxylic acids is 1. The molecule has 2 heterocycles. The molecule has 9 heteroatoms. The Bertz CT molecular complexity index is 1280. The van der Waals surface area contributed by atoms with E-state index in [2.05, 4.69) is 10.1 Å². The van der Waals surface area contributed by atoms with Crippen LogP contribution in [-0.4, -0.2) is 36.8 Å². The number of ether oxygens (including phenoxy) is 1. The van der Waals surface area contributed by atoms with Gasteiger partial charge in [0, 0.05) is 12.5 Å². The Morgan fingerprint density at radius 2 is 1.81 bits per heavy atom. The second kappa shape index (κ2) is 8.84. The summed E-state index contributed by atoms with van der Waals surface area (Å²) in [6, 6.07) is 19.1. The first-order valence-electron chi connectivity index (χ1n) is 10.0. The Morgan fingerprint density at radius 1 is 1.09 bits per heavy atom. The van der Waals surface area contributed by atoms with Crippen LogP contribution >= 0.6 is 0 Å². The molecule has 0 atom stereocenters. The van der Waals surface area contributed by atoms with E-state index in [-0.39, 0.29) is 24.7 Å². The van der Waals surface area contributed by atoms with E-state index in [1.807, 2.05) is 61.5 Å². The highest BCUT2D eigenvalue weighted by molar-refractivity contribution is 5.89. The topological polar surface area (TPSA) is 105 Å². The van der Waals surface area contributed by atoms with E-state index in [1.54, 1.807) is 17.7 Å². The van der Waals surface area contributed by atoms with Gasteiger partial charge in [0.05, 0.1) is 11.4 Å². The molecule has 0 bridgehead atoms. The molecule has 4 rings (SSSR count). The highest BCUT2D eigenvalue weighted by atomic mass is 16.6. The van der Waals surface area contributed by atoms with E-state index in [0.29, 0.717) is 5.82 Å². The molecule has 2 aromatic heterocycles. The maximum absolute atomic E-state index is 12.7. The molecule has 0 amide bonds. The Balaban J connectivity index is 1.59. The van der Waals surface area contributed by atoms with Crippen LogP contribution in [0.4, 0.5) is 5.82 Å². The van der Waals surface area contributed by atoms with Gasteiger partial charge in [-0.25, -0.2) is 19.0 Å². The average molecular weight is 431 g/mol. The third kappa shape index (κ3) is 4.13. The molecule has 0 fully saturated rings. The van der Waals surface area contributed by atoms with Crippen LogP contribution in [0.1, 0.15) is 21.9 Å². The van der Waals surface area contributed by atoms with Gasteiger partial charge in [-0.1, -0.05) is 42.5 Å². The number of hydrogen-bond acceptors (Lipinski definition) is 6. The summed E-state index contributed by atoms with van der Waals surface area (Å²) in [5.41, 5.74) is 3.74. The van der Waals surface area contributed by atoms with Gasteiger partial charge in [0.15, 0.2) is 11.5 Å². The number of rotatable bonds is 7. The number of imidazole rings is 1. The van der Waals surface area contributed by atoms with Gasteiger partial charge < -0.3 is 14.9 Å². The summed E-state index contributed by atoms with van der Waals surface area (Å²) in [4.78, 5) is 27.3. The van der Waals surface area contributed by atoms with Gasteiger partial charge in [0.2, 0.25) is 0 Å². The van der Waals surface area contributed by atoms with Crippen LogP contribution in [0.5, 0.6) is 0 Å². The van der Waals surface area contributed by atoms with Gasteiger partial charge in [-0.05, 0) is 35.6 Å². The van der Waals surface area contributed by atoms with Gasteiger partial charge in [-0.3, -0.25) is 0 Å². The molecule has 32 heavy (non-hydrogen) atoms. The Labute approximate surface area is 184 Å². The van der Waals surface area contributed by atoms with Crippen molar-refractivity contribution in [1.29, 1.82) is 0 Å². The fourth-order valence-corrected chi connectivity index (χ4v) is 3.48. The summed E-state index contributed by atoms with van der Waals surface area (Å²) in [6.45, 7) is 3.73. The number of nitro groups is 1. The van der Waals surface area contributed by atoms with Crippen molar-refractivity contribution in [2.45, 2.75) is 20.4 Å². The lowest BCUT2D eigenvalue weighted by Gasteiger charge is -2.09. The third-order valence-electron chi connectivity index (χ3n) is 5.11. The second-order valence-corrected chi connectivity index (χ2v) is 7.19. The molecule has 0 spiro atoms. The average Bonchev–Trinajstić information content (AvgIpc) is 3.39. The largest absolute Gasteiger partial charge is 0.457 e. The van der Waals surface area contributed by atoms with E-state index in [1.165, 1.54) is 10.8 Å². The maximum Gasteiger partial charge on any atom is 0.359 e. The predicted octanol–water partition coefficient (Wildman–Crippen LogP) is 4.12. The van der Waals surface area contributed by atoms with Crippen LogP contribution in [0, 0.1) is 24.0 Å². The first kappa shape index (κ1) is 21.0. The number of hydrogen-bond donors (Lipinski definition) is 0. The molecule has 0 N–H and O–H groups in total. The molecule has 0 radical (unpaired) electrons. The van der Waals surface area contributed by atoms with E-state index in [9.17, 15) is 14.9 Å². The van der Waals surface area contributed by atoms with Crippen molar-refractivity contribution in [3.63, 3.8) is 0 Å². The third-order valence-corrected chi connectivity index (χ3v) is 5.11. The van der Waals surface area contributed by atoms with Crippen molar-refractivity contribution in [3.8, 4) is 16.9 Å². The molecule has 0 aliphatic rings. The number of aromatic nitrogens is 4. The fraction of sp³-hybridized carbons (Fsp3) is 0.174. The summed E-state index contributed by atoms with van der Waals surface area (Å²) < 4.78 is 8.48. The van der Waals surface area contributed by atoms with Crippen molar-refractivity contribution < 1.29 is 14.5 Å². The van der Waals surface area contributed by atoms with E-state index in [4.69, 9.17) is 4.74 Å². The molecule has 0 unspecified atom stereocenters. The van der Waals surface area contributed by atoms with Crippen molar-refractivity contribution in [2.24, 2.45) is 0 Å². The number of benzene rings is 2. The lowest BCUT2D eigenvalue weighted by atomic mass is 10.1. The number of carbonyl (C=O) groups is 1. The zero-order chi connectivity index (χ0) is 22.7. The molecule has 0 saturated carbocycles. The quantitative estimate of drug-likeness (QED) is 0.248. The lowest BCUT2D eigenvalue weighted by Crippen LogP contribution is -2.14. The van der Waals surface area contributed by atoms with Crippen molar-refractivity contribution in [2.75, 3.05) is 6.61 Å². The number of nitrogens with zero attached hydrogens (tertiary/aromatic N) is 5. The minimum Gasteiger partial charge on any atom is -0.457 e. The zero-order valence-corrected chi connectivity index (χ0v) is 17.6. The molecular weight excluding hydrogens is 410 g/mol. The van der Waals surface area contributed by atoms with E-state index < -0.39 is 10.9 Å². The lowest BCUT2D eigenvalue weighted by molar-refractivity contribution is -0.392. The number of esters is 1. The van der Waals surface area contributed by atoms with E-state index in [0.717, 1.165) is 22.5 Å². The molecule has 9 nitrogen and oxygen atoms in total. The number of aryl methyl sites for hydroxylation is 2. The number of para-hydroxylation sites is 1. The minimum absolute atomic E-state index is 0.0469. The summed E-state index contributed by atoms with van der Waals surface area (Å²) >= 11 is 0. The first-order valence-corrected chi connectivity index (χ1v) is 10.0. The monoisotopic (exact) mass is 431 g/mol. The molecule has 0 saturated heterocycles. The van der Waals surface area contributed by atoms with Gasteiger partial charge in [-0.2, -0.15) is 5.10 Å². The van der Waals surface area contributed by atoms with Gasteiger partial charge in [0.25, 0.3) is 0 Å². The SMILES string of the molecule is Cc1ccccc1-c1cc(C(=O)OCCn2c([N+](=O)[O-])cnc2C)nn1-c1ccccc1. The second-order valence-electron chi connectivity index (χ2n) is 7.19. The van der Waals surface area contributed by atoms with E-state index >= 15 is 0 Å². The summed E-state index contributed by atoms with van der Waals surface area (Å²) in [5, 5.41) is 15.6. The van der Waals surface area contributed by atoms with Crippen molar-refractivity contribution >= 4 is 11.8 Å². The van der Waals surface area contributed by atoms with Crippen LogP contribution in [0.15, 0.2) is 66.9 Å². The molecule has 0 aliphatic heterocycles. The predicted molar refractivity (Wildman–Crippen MR) is 118 cm³/mol. The van der Waals surface area contributed by atoms with Gasteiger partial charge >= 0.3 is 11.8 Å². The highest BCUT2D eigenvalue weighted by Crippen LogP contribution is 2.27. The summed E-state index contributed by atoms with van der Waals surface area (Å²) in [7, 11) is 0. The Hall–Kier alpha value is -4.27. The minimum atomic E-state index is -0.602. The van der Waals surface area contributed by atoms with Crippen molar-refractivity contribution in [1.82, 2.24) is 19.3 Å². The van der Waals surface area contributed by atoms with Crippen LogP contribution in [-0.2, 0) is 11.3 Å². The fourth-order valence-electron chi connectivity index (χ4n) is 3.48. The molecular formula is C23H21N5O4. The summed E-state index contributed by atoms with van der Waals surface area (Å²) in [5.74, 6) is -0.272. The summed E-state index contributed by atoms with van der Waals surface area (Å²) in [6.07, 6.45) is 1.19. The zero-order valence-electron chi connectivity index (χ0n) is 17.6. The highest BCUT2D eigenvalue weighted by Gasteiger charge is 2.21. The van der Waals surface area contributed by atoms with Crippen LogP contribution in [0.25, 0.3) is 16.9 Å². The Kier molecular flexibility index (Phi) is 5.80. The van der Waals surface area contributed by atoms with Gasteiger partial charge in [-0.15, -0.1) is 0 Å². The van der Waals surface area contributed by atoms with Crippen LogP contribution in [0.2, 0.25) is 0 Å². The van der Waals surface area contributed by atoms with Crippen molar-refractivity contribution in [3.05, 3.63) is 94.1 Å². The molecule has 0 aliphatic carbocycles. The van der Waals surface area contributed by atoms with Crippen LogP contribution < -0.4 is 0 Å². The van der Waals surface area contributed by atoms with Crippen LogP contribution in [0.3, 0.4) is 0 Å². The first-order chi connectivity index (χ1) is 15.5. The Morgan fingerprint density at radius 3 is 2.53 bits per heavy atom. The molecule has 2 aromatic carbocycles. The standard InChI is InChI=1S/C23H21N5O4/c1-16-8-6-7-11-19(16)21-14-20(25-27(21)18-9-4-3-5-10-18)23(29)32-13-12-26-17(2)24-15-22(26)28(30)31/h3-11,14-15H,12-13H2,1-2H3. The normalized spacial score (nSPS) is 10.8. The maximum atomic E-state index is 12.7.